The van der Waals surface area contributed by atoms with Gasteiger partial charge in [-0.2, -0.15) is 0 Å². The lowest BCUT2D eigenvalue weighted by Crippen LogP contribution is -2.56. The molecule has 0 N–H and O–H groups in total. The summed E-state index contributed by atoms with van der Waals surface area (Å²) in [5, 5.41) is 1.04. The van der Waals surface area contributed by atoms with Crippen molar-refractivity contribution in [1.82, 2.24) is 0 Å². The first-order valence-electron chi connectivity index (χ1n) is 6.29. The molecule has 1 aromatic rings. The zero-order valence-corrected chi connectivity index (χ0v) is 14.4. The predicted molar refractivity (Wildman–Crippen MR) is 84.4 cm³/mol. The van der Waals surface area contributed by atoms with E-state index in [4.69, 9.17) is 13.3 Å². The van der Waals surface area contributed by atoms with E-state index in [1.165, 1.54) is 5.56 Å². The molecule has 0 unspecified atom stereocenters. The normalized spacial score (nSPS) is 11.8. The number of hydrogen-bond acceptors (Lipinski definition) is 3. The molecular formula is C13H21IO3Si. The van der Waals surface area contributed by atoms with E-state index in [2.05, 4.69) is 46.9 Å². The van der Waals surface area contributed by atoms with Gasteiger partial charge in [0.25, 0.3) is 0 Å². The highest BCUT2D eigenvalue weighted by atomic mass is 127. The Morgan fingerprint density at radius 2 is 1.33 bits per heavy atom. The summed E-state index contributed by atoms with van der Waals surface area (Å²) in [7, 11) is -2.71. The summed E-state index contributed by atoms with van der Waals surface area (Å²) in [4.78, 5) is 0. The van der Waals surface area contributed by atoms with Crippen molar-refractivity contribution in [2.24, 2.45) is 0 Å². The largest absolute Gasteiger partial charge is 0.537 e. The summed E-state index contributed by atoms with van der Waals surface area (Å²) in [6.45, 7) is 7.71. The molecule has 3 nitrogen and oxygen atoms in total. The van der Waals surface area contributed by atoms with Crippen LogP contribution in [0.3, 0.4) is 0 Å². The lowest BCUT2D eigenvalue weighted by Gasteiger charge is -2.28. The van der Waals surface area contributed by atoms with Crippen LogP contribution >= 0.6 is 22.6 Å². The number of benzene rings is 1. The summed E-state index contributed by atoms with van der Waals surface area (Å²) in [5.41, 5.74) is 1.30. The Kier molecular flexibility index (Phi) is 7.39. The first kappa shape index (κ1) is 16.1. The van der Waals surface area contributed by atoms with Crippen molar-refractivity contribution >= 4 is 36.6 Å². The molecule has 0 saturated carbocycles. The van der Waals surface area contributed by atoms with E-state index in [0.717, 1.165) is 9.61 Å². The fourth-order valence-electron chi connectivity index (χ4n) is 1.74. The Labute approximate surface area is 124 Å². The molecule has 0 spiro atoms. The molecule has 18 heavy (non-hydrogen) atoms. The number of rotatable bonds is 8. The van der Waals surface area contributed by atoms with Gasteiger partial charge in [-0.15, -0.1) is 0 Å². The molecule has 0 aliphatic carbocycles. The van der Waals surface area contributed by atoms with Crippen molar-refractivity contribution in [1.29, 1.82) is 0 Å². The van der Waals surface area contributed by atoms with Crippen molar-refractivity contribution in [3.63, 3.8) is 0 Å². The van der Waals surface area contributed by atoms with Gasteiger partial charge < -0.3 is 13.3 Å². The van der Waals surface area contributed by atoms with Gasteiger partial charge in [-0.1, -0.05) is 46.9 Å². The topological polar surface area (TPSA) is 27.7 Å². The number of hydrogen-bond donors (Lipinski definition) is 0. The molecule has 0 atom stereocenters. The van der Waals surface area contributed by atoms with Gasteiger partial charge in [0.15, 0.2) is 0 Å². The van der Waals surface area contributed by atoms with Crippen LogP contribution in [0.2, 0.25) is 0 Å². The molecule has 0 aromatic heterocycles. The molecular weight excluding hydrogens is 359 g/mol. The van der Waals surface area contributed by atoms with E-state index in [1.807, 2.05) is 20.8 Å². The molecule has 1 aromatic carbocycles. The van der Waals surface area contributed by atoms with Crippen LogP contribution in [-0.2, 0) is 17.7 Å². The molecule has 0 bridgehead atoms. The van der Waals surface area contributed by atoms with Crippen LogP contribution in [0, 0.1) is 0 Å². The van der Waals surface area contributed by atoms with Crippen molar-refractivity contribution < 1.29 is 13.3 Å². The van der Waals surface area contributed by atoms with Gasteiger partial charge >= 0.3 is 8.80 Å². The molecule has 102 valence electrons. The predicted octanol–water partition coefficient (Wildman–Crippen LogP) is 2.88. The van der Waals surface area contributed by atoms with E-state index in [9.17, 15) is 0 Å². The smallest absolute Gasteiger partial charge is 0.370 e. The lowest BCUT2D eigenvalue weighted by atomic mass is 10.2. The third-order valence-electron chi connectivity index (χ3n) is 2.46. The van der Waals surface area contributed by atoms with Crippen molar-refractivity contribution in [2.45, 2.75) is 25.2 Å². The van der Waals surface area contributed by atoms with Gasteiger partial charge in [0.05, 0.1) is 0 Å². The second kappa shape index (κ2) is 8.26. The zero-order chi connectivity index (χ0) is 13.4. The van der Waals surface area contributed by atoms with Crippen molar-refractivity contribution in [2.75, 3.05) is 19.8 Å². The Morgan fingerprint density at radius 3 is 1.67 bits per heavy atom. The second-order valence-electron chi connectivity index (χ2n) is 3.69. The van der Waals surface area contributed by atoms with Gasteiger partial charge in [-0.3, -0.25) is 0 Å². The Balaban J connectivity index is 3.04. The first-order valence-corrected chi connectivity index (χ1v) is 9.54. The summed E-state index contributed by atoms with van der Waals surface area (Å²) >= 11 is 2.35. The molecule has 0 saturated heterocycles. The van der Waals surface area contributed by atoms with Crippen molar-refractivity contribution in [3.8, 4) is 0 Å². The highest BCUT2D eigenvalue weighted by Gasteiger charge is 2.42. The van der Waals surface area contributed by atoms with E-state index >= 15 is 0 Å². The van der Waals surface area contributed by atoms with Crippen LogP contribution in [-0.4, -0.2) is 28.6 Å². The van der Waals surface area contributed by atoms with Crippen LogP contribution in [0.1, 0.15) is 26.3 Å². The molecule has 5 heteroatoms. The Morgan fingerprint density at radius 1 is 0.889 bits per heavy atom. The SMILES string of the molecule is CCO[Si](OCC)(OCC)c1ccc(CI)cc1. The average Bonchev–Trinajstić information content (AvgIpc) is 2.39. The lowest BCUT2D eigenvalue weighted by molar-refractivity contribution is 0.0859. The summed E-state index contributed by atoms with van der Waals surface area (Å²) in [6, 6.07) is 8.36. The minimum absolute atomic E-state index is 0.597. The summed E-state index contributed by atoms with van der Waals surface area (Å²) in [6.07, 6.45) is 0. The molecule has 0 aliphatic heterocycles. The van der Waals surface area contributed by atoms with E-state index in [1.54, 1.807) is 0 Å². The fourth-order valence-corrected chi connectivity index (χ4v) is 4.72. The third-order valence-corrected chi connectivity index (χ3v) is 6.39. The maximum atomic E-state index is 5.86. The zero-order valence-electron chi connectivity index (χ0n) is 11.2. The highest BCUT2D eigenvalue weighted by Crippen LogP contribution is 2.12. The minimum Gasteiger partial charge on any atom is -0.370 e. The summed E-state index contributed by atoms with van der Waals surface area (Å²) in [5.74, 6) is 0. The van der Waals surface area contributed by atoms with Gasteiger partial charge in [0.2, 0.25) is 0 Å². The first-order chi connectivity index (χ1) is 8.72. The molecule has 0 aliphatic rings. The van der Waals surface area contributed by atoms with Gasteiger partial charge in [0, 0.05) is 29.4 Å². The second-order valence-corrected chi connectivity index (χ2v) is 7.00. The maximum absolute atomic E-state index is 5.86. The van der Waals surface area contributed by atoms with Gasteiger partial charge in [0.1, 0.15) is 0 Å². The van der Waals surface area contributed by atoms with Gasteiger partial charge in [-0.25, -0.2) is 0 Å². The quantitative estimate of drug-likeness (QED) is 0.394. The Hall–Kier alpha value is 0.0469. The summed E-state index contributed by atoms with van der Waals surface area (Å²) < 4.78 is 18.6. The fraction of sp³-hybridized carbons (Fsp3) is 0.538. The molecule has 0 heterocycles. The number of halogens is 1. The third kappa shape index (κ3) is 4.02. The van der Waals surface area contributed by atoms with Crippen LogP contribution in [0.5, 0.6) is 0 Å². The molecule has 0 amide bonds. The van der Waals surface area contributed by atoms with Crippen molar-refractivity contribution in [3.05, 3.63) is 29.8 Å². The van der Waals surface area contributed by atoms with Crippen LogP contribution in [0.15, 0.2) is 24.3 Å². The highest BCUT2D eigenvalue weighted by molar-refractivity contribution is 14.1. The van der Waals surface area contributed by atoms with E-state index < -0.39 is 8.80 Å². The minimum atomic E-state index is -2.71. The van der Waals surface area contributed by atoms with E-state index in [-0.39, 0.29) is 0 Å². The molecule has 0 radical (unpaired) electrons. The van der Waals surface area contributed by atoms with Crippen LogP contribution in [0.4, 0.5) is 0 Å². The monoisotopic (exact) mass is 380 g/mol. The average molecular weight is 380 g/mol. The van der Waals surface area contributed by atoms with E-state index in [0.29, 0.717) is 19.8 Å². The number of alkyl halides is 1. The van der Waals surface area contributed by atoms with Crippen LogP contribution in [0.25, 0.3) is 0 Å². The molecule has 1 rings (SSSR count). The van der Waals surface area contributed by atoms with Crippen LogP contribution < -0.4 is 5.19 Å². The molecule has 0 fully saturated rings. The standard InChI is InChI=1S/C13H21IO3Si/c1-4-15-18(16-5-2,17-6-3)13-9-7-12(11-14)8-10-13/h7-10H,4-6,11H2,1-3H3. The van der Waals surface area contributed by atoms with Gasteiger partial charge in [-0.05, 0) is 26.3 Å². The maximum Gasteiger partial charge on any atom is 0.537 e. The Bertz CT molecular complexity index is 326.